The fraction of sp³-hybridized carbons (Fsp3) is 0.0588. The van der Waals surface area contributed by atoms with Crippen LogP contribution < -0.4 is 5.32 Å². The molecule has 0 saturated heterocycles. The van der Waals surface area contributed by atoms with E-state index in [0.717, 1.165) is 16.9 Å². The molecule has 0 radical (unpaired) electrons. The number of hydrogen-bond donors (Lipinski definition) is 1. The molecular weight excluding hydrogens is 262 g/mol. The van der Waals surface area contributed by atoms with Crippen LogP contribution in [0.4, 0.5) is 5.69 Å². The first-order valence-corrected chi connectivity index (χ1v) is 6.72. The van der Waals surface area contributed by atoms with Crippen LogP contribution in [0.5, 0.6) is 0 Å². The van der Waals surface area contributed by atoms with Crippen LogP contribution in [0, 0.1) is 6.92 Å². The van der Waals surface area contributed by atoms with Gasteiger partial charge in [0.2, 0.25) is 0 Å². The molecule has 21 heavy (non-hydrogen) atoms. The lowest BCUT2D eigenvalue weighted by molar-refractivity contribution is 0.102. The molecule has 104 valence electrons. The van der Waals surface area contributed by atoms with E-state index in [1.807, 2.05) is 67.7 Å². The number of para-hydroxylation sites is 2. The number of anilines is 1. The summed E-state index contributed by atoms with van der Waals surface area (Å²) in [4.78, 5) is 12.4. The summed E-state index contributed by atoms with van der Waals surface area (Å²) in [6, 6.07) is 17.0. The van der Waals surface area contributed by atoms with Crippen LogP contribution in [-0.2, 0) is 0 Å². The molecule has 4 nitrogen and oxygen atoms in total. The van der Waals surface area contributed by atoms with E-state index < -0.39 is 0 Å². The van der Waals surface area contributed by atoms with Gasteiger partial charge in [0.25, 0.3) is 5.91 Å². The molecule has 3 rings (SSSR count). The van der Waals surface area contributed by atoms with E-state index in [4.69, 9.17) is 0 Å². The Kier molecular flexibility index (Phi) is 3.51. The highest BCUT2D eigenvalue weighted by atomic mass is 16.1. The van der Waals surface area contributed by atoms with Gasteiger partial charge in [-0.25, -0.2) is 4.68 Å². The van der Waals surface area contributed by atoms with E-state index in [2.05, 4.69) is 10.4 Å². The summed E-state index contributed by atoms with van der Waals surface area (Å²) in [5.41, 5.74) is 3.19. The lowest BCUT2D eigenvalue weighted by Gasteiger charge is -2.12. The number of carbonyl (C=O) groups excluding carboxylic acids is 1. The van der Waals surface area contributed by atoms with Gasteiger partial charge in [-0.1, -0.05) is 30.3 Å². The number of amides is 1. The topological polar surface area (TPSA) is 46.9 Å². The van der Waals surface area contributed by atoms with Gasteiger partial charge in [0.15, 0.2) is 0 Å². The van der Waals surface area contributed by atoms with Gasteiger partial charge >= 0.3 is 0 Å². The first-order valence-electron chi connectivity index (χ1n) is 6.72. The van der Waals surface area contributed by atoms with Crippen LogP contribution in [0.25, 0.3) is 5.69 Å². The zero-order chi connectivity index (χ0) is 14.7. The van der Waals surface area contributed by atoms with E-state index in [-0.39, 0.29) is 5.91 Å². The first-order chi connectivity index (χ1) is 10.3. The molecule has 0 aliphatic rings. The summed E-state index contributed by atoms with van der Waals surface area (Å²) in [6.45, 7) is 1.92. The minimum absolute atomic E-state index is 0.118. The smallest absolute Gasteiger partial charge is 0.255 e. The molecule has 1 heterocycles. The molecule has 0 saturated carbocycles. The van der Waals surface area contributed by atoms with Crippen molar-refractivity contribution in [2.45, 2.75) is 6.92 Å². The number of aromatic nitrogens is 2. The Balaban J connectivity index is 1.93. The number of hydrogen-bond acceptors (Lipinski definition) is 2. The maximum atomic E-state index is 12.4. The molecule has 2 aromatic carbocycles. The summed E-state index contributed by atoms with van der Waals surface area (Å²) in [5.74, 6) is -0.118. The van der Waals surface area contributed by atoms with Gasteiger partial charge in [0, 0.05) is 18.0 Å². The highest BCUT2D eigenvalue weighted by molar-refractivity contribution is 6.06. The van der Waals surface area contributed by atoms with Crippen LogP contribution in [0.3, 0.4) is 0 Å². The minimum atomic E-state index is -0.118. The van der Waals surface area contributed by atoms with Gasteiger partial charge in [-0.3, -0.25) is 4.79 Å². The zero-order valence-electron chi connectivity index (χ0n) is 11.7. The average Bonchev–Trinajstić information content (AvgIpc) is 3.02. The molecule has 0 atom stereocenters. The Morgan fingerprint density at radius 2 is 1.81 bits per heavy atom. The number of benzene rings is 2. The van der Waals surface area contributed by atoms with Gasteiger partial charge in [-0.05, 0) is 36.8 Å². The number of nitrogens with zero attached hydrogens (tertiary/aromatic N) is 2. The molecule has 0 aliphatic carbocycles. The van der Waals surface area contributed by atoms with Crippen LogP contribution >= 0.6 is 0 Å². The van der Waals surface area contributed by atoms with Crippen LogP contribution in [0.1, 0.15) is 15.9 Å². The second-order valence-electron chi connectivity index (χ2n) is 4.74. The lowest BCUT2D eigenvalue weighted by atomic mass is 10.1. The largest absolute Gasteiger partial charge is 0.320 e. The molecule has 0 aliphatic heterocycles. The molecule has 0 spiro atoms. The third-order valence-corrected chi connectivity index (χ3v) is 3.29. The first kappa shape index (κ1) is 13.1. The van der Waals surface area contributed by atoms with Crippen molar-refractivity contribution >= 4 is 11.6 Å². The Labute approximate surface area is 123 Å². The Hall–Kier alpha value is -2.88. The normalized spacial score (nSPS) is 10.3. The van der Waals surface area contributed by atoms with Crippen molar-refractivity contribution in [3.8, 4) is 5.69 Å². The van der Waals surface area contributed by atoms with Crippen molar-refractivity contribution in [3.63, 3.8) is 0 Å². The third-order valence-electron chi connectivity index (χ3n) is 3.29. The van der Waals surface area contributed by atoms with E-state index in [1.54, 1.807) is 10.9 Å². The number of carbonyl (C=O) groups is 1. The highest BCUT2D eigenvalue weighted by Crippen LogP contribution is 2.20. The van der Waals surface area contributed by atoms with Crippen molar-refractivity contribution < 1.29 is 4.79 Å². The van der Waals surface area contributed by atoms with Crippen molar-refractivity contribution in [1.29, 1.82) is 0 Å². The Morgan fingerprint density at radius 1 is 1.05 bits per heavy atom. The van der Waals surface area contributed by atoms with Gasteiger partial charge in [-0.2, -0.15) is 5.10 Å². The summed E-state index contributed by atoms with van der Waals surface area (Å²) < 4.78 is 1.73. The standard InChI is InChI=1S/C17H15N3O/c1-13-7-2-3-8-14(13)17(21)19-15-9-4-5-10-16(15)20-12-6-11-18-20/h2-12H,1H3,(H,19,21). The van der Waals surface area contributed by atoms with E-state index in [0.29, 0.717) is 5.56 Å². The molecule has 4 heteroatoms. The van der Waals surface area contributed by atoms with Gasteiger partial charge in [-0.15, -0.1) is 0 Å². The second-order valence-corrected chi connectivity index (χ2v) is 4.74. The van der Waals surface area contributed by atoms with E-state index >= 15 is 0 Å². The van der Waals surface area contributed by atoms with Gasteiger partial charge < -0.3 is 5.32 Å². The minimum Gasteiger partial charge on any atom is -0.320 e. The summed E-state index contributed by atoms with van der Waals surface area (Å²) in [5, 5.41) is 7.17. The van der Waals surface area contributed by atoms with Gasteiger partial charge in [0.05, 0.1) is 11.4 Å². The Morgan fingerprint density at radius 3 is 2.57 bits per heavy atom. The average molecular weight is 277 g/mol. The maximum Gasteiger partial charge on any atom is 0.255 e. The molecule has 0 fully saturated rings. The van der Waals surface area contributed by atoms with Crippen LogP contribution in [-0.4, -0.2) is 15.7 Å². The maximum absolute atomic E-state index is 12.4. The molecular formula is C17H15N3O. The zero-order valence-corrected chi connectivity index (χ0v) is 11.7. The predicted molar refractivity (Wildman–Crippen MR) is 82.7 cm³/mol. The van der Waals surface area contributed by atoms with Crippen molar-refractivity contribution in [3.05, 3.63) is 78.1 Å². The molecule has 0 unspecified atom stereocenters. The number of aryl methyl sites for hydroxylation is 1. The van der Waals surface area contributed by atoms with Gasteiger partial charge in [0.1, 0.15) is 0 Å². The Bertz CT molecular complexity index is 763. The van der Waals surface area contributed by atoms with Crippen molar-refractivity contribution in [2.75, 3.05) is 5.32 Å². The van der Waals surface area contributed by atoms with Crippen LogP contribution in [0.15, 0.2) is 67.0 Å². The molecule has 0 bridgehead atoms. The predicted octanol–water partition coefficient (Wildman–Crippen LogP) is 3.43. The lowest BCUT2D eigenvalue weighted by Crippen LogP contribution is -2.15. The van der Waals surface area contributed by atoms with Crippen molar-refractivity contribution in [1.82, 2.24) is 9.78 Å². The van der Waals surface area contributed by atoms with E-state index in [9.17, 15) is 4.79 Å². The molecule has 3 aromatic rings. The summed E-state index contributed by atoms with van der Waals surface area (Å²) in [7, 11) is 0. The van der Waals surface area contributed by atoms with E-state index in [1.165, 1.54) is 0 Å². The monoisotopic (exact) mass is 277 g/mol. The third kappa shape index (κ3) is 2.69. The molecule has 1 aromatic heterocycles. The second kappa shape index (κ2) is 5.63. The fourth-order valence-corrected chi connectivity index (χ4v) is 2.21. The fourth-order valence-electron chi connectivity index (χ4n) is 2.21. The highest BCUT2D eigenvalue weighted by Gasteiger charge is 2.11. The SMILES string of the molecule is Cc1ccccc1C(=O)Nc1ccccc1-n1cccn1. The summed E-state index contributed by atoms with van der Waals surface area (Å²) in [6.07, 6.45) is 3.55. The quantitative estimate of drug-likeness (QED) is 0.797. The van der Waals surface area contributed by atoms with Crippen LogP contribution in [0.2, 0.25) is 0 Å². The molecule has 1 amide bonds. The molecule has 1 N–H and O–H groups in total. The van der Waals surface area contributed by atoms with Crippen molar-refractivity contribution in [2.24, 2.45) is 0 Å². The number of rotatable bonds is 3. The number of nitrogens with one attached hydrogen (secondary N) is 1. The summed E-state index contributed by atoms with van der Waals surface area (Å²) >= 11 is 0.